The predicted octanol–water partition coefficient (Wildman–Crippen LogP) is 3.38. The molecule has 4 nitrogen and oxygen atoms in total. The van der Waals surface area contributed by atoms with E-state index in [4.69, 9.17) is 5.11 Å². The average Bonchev–Trinajstić information content (AvgIpc) is 2.39. The number of rotatable bonds is 9. The summed E-state index contributed by atoms with van der Waals surface area (Å²) in [7, 11) is 0. The van der Waals surface area contributed by atoms with E-state index in [9.17, 15) is 4.79 Å². The molecule has 1 atom stereocenters. The predicted molar refractivity (Wildman–Crippen MR) is 81.9 cm³/mol. The van der Waals surface area contributed by atoms with Gasteiger partial charge in [0.25, 0.3) is 0 Å². The third-order valence-electron chi connectivity index (χ3n) is 3.43. The van der Waals surface area contributed by atoms with Gasteiger partial charge in [-0.25, -0.2) is 4.79 Å². The van der Waals surface area contributed by atoms with Gasteiger partial charge >= 0.3 is 6.09 Å². The lowest BCUT2D eigenvalue weighted by Crippen LogP contribution is -2.52. The summed E-state index contributed by atoms with van der Waals surface area (Å²) in [5, 5.41) is 15.0. The fourth-order valence-electron chi connectivity index (χ4n) is 2.30. The molecule has 0 fully saturated rings. The molecule has 1 rings (SSSR count). The third kappa shape index (κ3) is 6.57. The Bertz CT molecular complexity index is 395. The monoisotopic (exact) mass is 278 g/mol. The molecule has 1 aromatic rings. The molecule has 0 unspecified atom stereocenters. The number of unbranched alkanes of at least 4 members (excludes halogenated alkanes) is 2. The van der Waals surface area contributed by atoms with Crippen LogP contribution < -0.4 is 10.6 Å². The first-order valence-corrected chi connectivity index (χ1v) is 7.31. The molecule has 3 N–H and O–H groups in total. The van der Waals surface area contributed by atoms with Crippen molar-refractivity contribution in [2.75, 3.05) is 6.54 Å². The lowest BCUT2D eigenvalue weighted by atomic mass is 9.94. The summed E-state index contributed by atoms with van der Waals surface area (Å²) >= 11 is 0. The van der Waals surface area contributed by atoms with Gasteiger partial charge in [-0.3, -0.25) is 0 Å². The maximum atomic E-state index is 10.9. The number of benzene rings is 1. The van der Waals surface area contributed by atoms with Gasteiger partial charge in [-0.2, -0.15) is 0 Å². The quantitative estimate of drug-likeness (QED) is 0.607. The van der Waals surface area contributed by atoms with Crippen molar-refractivity contribution < 1.29 is 9.90 Å². The Morgan fingerprint density at radius 3 is 2.55 bits per heavy atom. The number of hydrogen-bond donors (Lipinski definition) is 3. The normalized spacial score (nSPS) is 13.7. The highest BCUT2D eigenvalue weighted by Crippen LogP contribution is 2.14. The van der Waals surface area contributed by atoms with Gasteiger partial charge < -0.3 is 15.7 Å². The summed E-state index contributed by atoms with van der Waals surface area (Å²) < 4.78 is 0. The van der Waals surface area contributed by atoms with Crippen molar-refractivity contribution in [2.24, 2.45) is 0 Å². The van der Waals surface area contributed by atoms with Gasteiger partial charge in [0.1, 0.15) is 0 Å². The molecule has 0 bridgehead atoms. The van der Waals surface area contributed by atoms with E-state index in [0.717, 1.165) is 32.2 Å². The van der Waals surface area contributed by atoms with E-state index in [1.807, 2.05) is 25.1 Å². The van der Waals surface area contributed by atoms with E-state index in [0.29, 0.717) is 6.54 Å². The van der Waals surface area contributed by atoms with Crippen LogP contribution in [0.2, 0.25) is 0 Å². The van der Waals surface area contributed by atoms with Gasteiger partial charge in [-0.05, 0) is 18.9 Å². The zero-order chi connectivity index (χ0) is 14.8. The Kier molecular flexibility index (Phi) is 7.09. The molecule has 0 aromatic heterocycles. The van der Waals surface area contributed by atoms with Crippen LogP contribution in [0.4, 0.5) is 4.79 Å². The van der Waals surface area contributed by atoms with Crippen LogP contribution >= 0.6 is 0 Å². The van der Waals surface area contributed by atoms with Crippen LogP contribution in [0.5, 0.6) is 0 Å². The van der Waals surface area contributed by atoms with Gasteiger partial charge in [0.05, 0.1) is 5.54 Å². The Labute approximate surface area is 121 Å². The van der Waals surface area contributed by atoms with E-state index in [-0.39, 0.29) is 0 Å². The molecule has 0 saturated heterocycles. The Balaban J connectivity index is 2.44. The zero-order valence-electron chi connectivity index (χ0n) is 12.5. The molecule has 0 spiro atoms. The van der Waals surface area contributed by atoms with E-state index in [1.165, 1.54) is 5.56 Å². The lowest BCUT2D eigenvalue weighted by molar-refractivity contribution is 0.176. The summed E-state index contributed by atoms with van der Waals surface area (Å²) in [5.41, 5.74) is 0.800. The topological polar surface area (TPSA) is 61.4 Å². The first kappa shape index (κ1) is 16.5. The fraction of sp³-hybridized carbons (Fsp3) is 0.562. The van der Waals surface area contributed by atoms with Crippen LogP contribution in [0.25, 0.3) is 0 Å². The molecule has 0 aliphatic heterocycles. The van der Waals surface area contributed by atoms with Crippen molar-refractivity contribution in [1.29, 1.82) is 0 Å². The smallest absolute Gasteiger partial charge is 0.405 e. The molecular weight excluding hydrogens is 252 g/mol. The third-order valence-corrected chi connectivity index (χ3v) is 3.43. The molecule has 0 aliphatic rings. The molecular formula is C16H26N2O2. The highest BCUT2D eigenvalue weighted by atomic mass is 16.4. The molecule has 0 aliphatic carbocycles. The number of amides is 1. The molecule has 0 heterocycles. The van der Waals surface area contributed by atoms with Gasteiger partial charge in [-0.1, -0.05) is 56.5 Å². The van der Waals surface area contributed by atoms with E-state index in [2.05, 4.69) is 29.7 Å². The van der Waals surface area contributed by atoms with Gasteiger partial charge in [0.15, 0.2) is 0 Å². The van der Waals surface area contributed by atoms with Crippen LogP contribution in [0.3, 0.4) is 0 Å². The summed E-state index contributed by atoms with van der Waals surface area (Å²) in [4.78, 5) is 10.9. The highest BCUT2D eigenvalue weighted by molar-refractivity contribution is 5.65. The zero-order valence-corrected chi connectivity index (χ0v) is 12.5. The minimum atomic E-state index is -0.953. The molecule has 20 heavy (non-hydrogen) atoms. The molecule has 0 radical (unpaired) electrons. The molecule has 0 saturated carbocycles. The highest BCUT2D eigenvalue weighted by Gasteiger charge is 2.25. The molecule has 1 aromatic carbocycles. The van der Waals surface area contributed by atoms with Gasteiger partial charge in [-0.15, -0.1) is 0 Å². The largest absolute Gasteiger partial charge is 0.465 e. The molecule has 112 valence electrons. The second-order valence-corrected chi connectivity index (χ2v) is 5.54. The Hall–Kier alpha value is -1.55. The van der Waals surface area contributed by atoms with Crippen LogP contribution in [0.1, 0.15) is 45.1 Å². The Morgan fingerprint density at radius 2 is 1.95 bits per heavy atom. The van der Waals surface area contributed by atoms with Gasteiger partial charge in [0, 0.05) is 13.1 Å². The Morgan fingerprint density at radius 1 is 1.25 bits per heavy atom. The van der Waals surface area contributed by atoms with Crippen molar-refractivity contribution in [1.82, 2.24) is 10.6 Å². The first-order valence-electron chi connectivity index (χ1n) is 7.31. The van der Waals surface area contributed by atoms with E-state index < -0.39 is 11.6 Å². The maximum Gasteiger partial charge on any atom is 0.405 e. The van der Waals surface area contributed by atoms with Crippen molar-refractivity contribution in [3.63, 3.8) is 0 Å². The van der Waals surface area contributed by atoms with E-state index >= 15 is 0 Å². The number of hydrogen-bond acceptors (Lipinski definition) is 2. The summed E-state index contributed by atoms with van der Waals surface area (Å²) in [6, 6.07) is 10.1. The second-order valence-electron chi connectivity index (χ2n) is 5.54. The SMILES string of the molecule is CCCCC[C@](C)(CNCc1ccccc1)NC(=O)O. The molecule has 4 heteroatoms. The second kappa shape index (κ2) is 8.59. The fourth-order valence-corrected chi connectivity index (χ4v) is 2.30. The number of carbonyl (C=O) groups is 1. The number of carboxylic acid groups (broad SMARTS) is 1. The maximum absolute atomic E-state index is 10.9. The van der Waals surface area contributed by atoms with Crippen LogP contribution in [-0.4, -0.2) is 23.3 Å². The van der Waals surface area contributed by atoms with Crippen molar-refractivity contribution >= 4 is 6.09 Å². The minimum absolute atomic E-state index is 0.407. The van der Waals surface area contributed by atoms with Gasteiger partial charge in [0.2, 0.25) is 0 Å². The first-order chi connectivity index (χ1) is 9.56. The van der Waals surface area contributed by atoms with Crippen molar-refractivity contribution in [3.8, 4) is 0 Å². The summed E-state index contributed by atoms with van der Waals surface area (Å²) in [5.74, 6) is 0. The van der Waals surface area contributed by atoms with Crippen LogP contribution in [-0.2, 0) is 6.54 Å². The van der Waals surface area contributed by atoms with Crippen molar-refractivity contribution in [2.45, 2.75) is 51.6 Å². The van der Waals surface area contributed by atoms with E-state index in [1.54, 1.807) is 0 Å². The standard InChI is InChI=1S/C16H26N2O2/c1-3-4-8-11-16(2,18-15(19)20)13-17-12-14-9-6-5-7-10-14/h5-7,9-10,17-18H,3-4,8,11-13H2,1-2H3,(H,19,20)/t16-/m1/s1. The summed E-state index contributed by atoms with van der Waals surface area (Å²) in [6.45, 7) is 5.51. The number of nitrogens with one attached hydrogen (secondary N) is 2. The minimum Gasteiger partial charge on any atom is -0.465 e. The van der Waals surface area contributed by atoms with Crippen molar-refractivity contribution in [3.05, 3.63) is 35.9 Å². The summed E-state index contributed by atoms with van der Waals surface area (Å²) in [6.07, 6.45) is 3.22. The van der Waals surface area contributed by atoms with Crippen LogP contribution in [0, 0.1) is 0 Å². The lowest BCUT2D eigenvalue weighted by Gasteiger charge is -2.30. The average molecular weight is 278 g/mol. The van der Waals surface area contributed by atoms with Crippen LogP contribution in [0.15, 0.2) is 30.3 Å². The molecule has 1 amide bonds.